The molecule has 0 heterocycles. The fraction of sp³-hybridized carbons (Fsp3) is 0.419. The highest BCUT2D eigenvalue weighted by molar-refractivity contribution is 6.17. The van der Waals surface area contributed by atoms with E-state index in [0.717, 1.165) is 18.8 Å². The number of hydrogen-bond acceptors (Lipinski definition) is 1. The second-order valence-electron chi connectivity index (χ2n) is 9.36. The topological polar surface area (TPSA) is 9.23 Å². The highest BCUT2D eigenvalue weighted by Crippen LogP contribution is 2.33. The highest BCUT2D eigenvalue weighted by atomic mass is 16.5. The number of benzene rings is 4. The highest BCUT2D eigenvalue weighted by Gasteiger charge is 2.06. The van der Waals surface area contributed by atoms with E-state index >= 15 is 0 Å². The quantitative estimate of drug-likeness (QED) is 0.162. The molecule has 0 saturated heterocycles. The Hall–Kier alpha value is -2.54. The molecule has 0 amide bonds. The Morgan fingerprint density at radius 1 is 0.531 bits per heavy atom. The Balaban J connectivity index is 1.33. The molecule has 1 nitrogen and oxygen atoms in total. The standard InChI is InChI=1S/C31H38O/c1-3-4-5-6-7-8-9-10-11-12-21-32-27-18-15-26-17-19-28-29(31(26)23-27)20-16-25-14-13-24(2)22-30(25)28/h13-20,22-23H,3-12,21H2,1-2H3. The summed E-state index contributed by atoms with van der Waals surface area (Å²) in [6, 6.07) is 22.3. The fourth-order valence-electron chi connectivity index (χ4n) is 4.83. The molecule has 0 aliphatic carbocycles. The third-order valence-corrected chi connectivity index (χ3v) is 6.73. The van der Waals surface area contributed by atoms with Crippen LogP contribution in [0.4, 0.5) is 0 Å². The summed E-state index contributed by atoms with van der Waals surface area (Å²) in [7, 11) is 0. The molecule has 168 valence electrons. The van der Waals surface area contributed by atoms with Crippen LogP contribution in [0.2, 0.25) is 0 Å². The Kier molecular flexibility index (Phi) is 8.04. The molecule has 0 aromatic heterocycles. The van der Waals surface area contributed by atoms with E-state index < -0.39 is 0 Å². The van der Waals surface area contributed by atoms with Gasteiger partial charge >= 0.3 is 0 Å². The Morgan fingerprint density at radius 3 is 1.72 bits per heavy atom. The van der Waals surface area contributed by atoms with Crippen molar-refractivity contribution in [3.05, 3.63) is 66.2 Å². The van der Waals surface area contributed by atoms with Crippen LogP contribution in [0.3, 0.4) is 0 Å². The third kappa shape index (κ3) is 5.63. The molecule has 0 aliphatic rings. The molecule has 1 heteroatoms. The number of unbranched alkanes of at least 4 members (excludes halogenated alkanes) is 9. The molecule has 0 spiro atoms. The van der Waals surface area contributed by atoms with Gasteiger partial charge in [0.05, 0.1) is 6.61 Å². The normalized spacial score (nSPS) is 11.6. The Labute approximate surface area is 193 Å². The lowest BCUT2D eigenvalue weighted by Gasteiger charge is -2.11. The first-order valence-corrected chi connectivity index (χ1v) is 12.7. The molecule has 0 atom stereocenters. The largest absolute Gasteiger partial charge is 0.494 e. The van der Waals surface area contributed by atoms with Gasteiger partial charge in [-0.3, -0.25) is 0 Å². The van der Waals surface area contributed by atoms with Gasteiger partial charge in [0.15, 0.2) is 0 Å². The van der Waals surface area contributed by atoms with Crippen LogP contribution in [0.1, 0.15) is 76.7 Å². The van der Waals surface area contributed by atoms with Crippen LogP contribution in [0.5, 0.6) is 5.75 Å². The van der Waals surface area contributed by atoms with Crippen LogP contribution in [-0.4, -0.2) is 6.61 Å². The molecule has 0 N–H and O–H groups in total. The molecule has 0 saturated carbocycles. The molecular formula is C31H38O. The van der Waals surface area contributed by atoms with Crippen molar-refractivity contribution >= 4 is 32.3 Å². The Bertz CT molecular complexity index is 1160. The van der Waals surface area contributed by atoms with E-state index in [4.69, 9.17) is 4.74 Å². The minimum atomic E-state index is 0.814. The van der Waals surface area contributed by atoms with Crippen molar-refractivity contribution in [1.29, 1.82) is 0 Å². The van der Waals surface area contributed by atoms with Crippen molar-refractivity contribution in [3.63, 3.8) is 0 Å². The van der Waals surface area contributed by atoms with Crippen LogP contribution in [-0.2, 0) is 0 Å². The second-order valence-corrected chi connectivity index (χ2v) is 9.36. The van der Waals surface area contributed by atoms with Gasteiger partial charge in [0.1, 0.15) is 5.75 Å². The smallest absolute Gasteiger partial charge is 0.119 e. The van der Waals surface area contributed by atoms with Gasteiger partial charge in [-0.25, -0.2) is 0 Å². The van der Waals surface area contributed by atoms with Crippen LogP contribution in [0.15, 0.2) is 60.7 Å². The van der Waals surface area contributed by atoms with Crippen LogP contribution < -0.4 is 4.74 Å². The lowest BCUT2D eigenvalue weighted by atomic mass is 9.96. The van der Waals surface area contributed by atoms with E-state index in [0.29, 0.717) is 0 Å². The van der Waals surface area contributed by atoms with Gasteiger partial charge < -0.3 is 4.74 Å². The summed E-state index contributed by atoms with van der Waals surface area (Å²) in [6.07, 6.45) is 13.5. The van der Waals surface area contributed by atoms with Gasteiger partial charge in [0, 0.05) is 0 Å². The van der Waals surface area contributed by atoms with E-state index in [-0.39, 0.29) is 0 Å². The van der Waals surface area contributed by atoms with Crippen molar-refractivity contribution in [2.75, 3.05) is 6.61 Å². The molecule has 0 fully saturated rings. The molecule has 4 aromatic carbocycles. The number of ether oxygens (including phenoxy) is 1. The molecule has 4 aromatic rings. The average Bonchev–Trinajstić information content (AvgIpc) is 2.82. The summed E-state index contributed by atoms with van der Waals surface area (Å²) in [5.41, 5.74) is 1.30. The van der Waals surface area contributed by atoms with E-state index in [1.165, 1.54) is 95.7 Å². The van der Waals surface area contributed by atoms with Gasteiger partial charge in [-0.2, -0.15) is 0 Å². The summed E-state index contributed by atoms with van der Waals surface area (Å²) in [6.45, 7) is 5.26. The SMILES string of the molecule is CCCCCCCCCCCCOc1ccc2ccc3c4cc(C)ccc4ccc3c2c1. The van der Waals surface area contributed by atoms with Crippen LogP contribution >= 0.6 is 0 Å². The van der Waals surface area contributed by atoms with Crippen molar-refractivity contribution < 1.29 is 4.74 Å². The molecule has 0 bridgehead atoms. The number of aryl methyl sites for hydroxylation is 1. The maximum absolute atomic E-state index is 6.14. The third-order valence-electron chi connectivity index (χ3n) is 6.73. The van der Waals surface area contributed by atoms with Gasteiger partial charge in [0.2, 0.25) is 0 Å². The monoisotopic (exact) mass is 426 g/mol. The second kappa shape index (κ2) is 11.4. The number of fused-ring (bicyclic) bond motifs is 5. The van der Waals surface area contributed by atoms with E-state index in [1.54, 1.807) is 0 Å². The first kappa shape index (κ1) is 22.6. The zero-order valence-corrected chi connectivity index (χ0v) is 20.0. The molecule has 0 aliphatic heterocycles. The average molecular weight is 427 g/mol. The Morgan fingerprint density at radius 2 is 1.06 bits per heavy atom. The predicted octanol–water partition coefficient (Wildman–Crippen LogP) is 9.75. The van der Waals surface area contributed by atoms with Gasteiger partial charge in [-0.1, -0.05) is 119 Å². The first-order chi connectivity index (χ1) is 15.8. The van der Waals surface area contributed by atoms with Crippen molar-refractivity contribution in [3.8, 4) is 5.75 Å². The summed E-state index contributed by atoms with van der Waals surface area (Å²) in [5, 5.41) is 7.83. The van der Waals surface area contributed by atoms with Crippen molar-refractivity contribution in [2.24, 2.45) is 0 Å². The zero-order valence-electron chi connectivity index (χ0n) is 20.0. The van der Waals surface area contributed by atoms with Crippen LogP contribution in [0, 0.1) is 6.92 Å². The van der Waals surface area contributed by atoms with E-state index in [1.807, 2.05) is 0 Å². The molecular weight excluding hydrogens is 388 g/mol. The summed E-state index contributed by atoms with van der Waals surface area (Å²) in [5.74, 6) is 0.991. The zero-order chi connectivity index (χ0) is 22.2. The number of rotatable bonds is 12. The lowest BCUT2D eigenvalue weighted by Crippen LogP contribution is -1.97. The van der Waals surface area contributed by atoms with Crippen molar-refractivity contribution in [1.82, 2.24) is 0 Å². The van der Waals surface area contributed by atoms with Gasteiger partial charge in [0.25, 0.3) is 0 Å². The van der Waals surface area contributed by atoms with Gasteiger partial charge in [-0.15, -0.1) is 0 Å². The lowest BCUT2D eigenvalue weighted by molar-refractivity contribution is 0.304. The predicted molar refractivity (Wildman–Crippen MR) is 141 cm³/mol. The molecule has 0 unspecified atom stereocenters. The maximum Gasteiger partial charge on any atom is 0.119 e. The fourth-order valence-corrected chi connectivity index (χ4v) is 4.83. The molecule has 0 radical (unpaired) electrons. The first-order valence-electron chi connectivity index (χ1n) is 12.7. The van der Waals surface area contributed by atoms with E-state index in [2.05, 4.69) is 74.5 Å². The molecule has 4 rings (SSSR count). The summed E-state index contributed by atoms with van der Waals surface area (Å²) < 4.78 is 6.14. The maximum atomic E-state index is 6.14. The minimum absolute atomic E-state index is 0.814. The van der Waals surface area contributed by atoms with Crippen molar-refractivity contribution in [2.45, 2.75) is 78.1 Å². The van der Waals surface area contributed by atoms with Gasteiger partial charge in [-0.05, 0) is 57.8 Å². The van der Waals surface area contributed by atoms with Crippen LogP contribution in [0.25, 0.3) is 32.3 Å². The minimum Gasteiger partial charge on any atom is -0.494 e. The number of hydrogen-bond donors (Lipinski definition) is 0. The summed E-state index contributed by atoms with van der Waals surface area (Å²) in [4.78, 5) is 0. The molecule has 32 heavy (non-hydrogen) atoms. The summed E-state index contributed by atoms with van der Waals surface area (Å²) >= 11 is 0. The van der Waals surface area contributed by atoms with E-state index in [9.17, 15) is 0 Å².